The number of benzene rings is 1. The highest BCUT2D eigenvalue weighted by Crippen LogP contribution is 2.32. The van der Waals surface area contributed by atoms with E-state index < -0.39 is 47.7 Å². The van der Waals surface area contributed by atoms with Gasteiger partial charge >= 0.3 is 12.1 Å². The monoisotopic (exact) mass is 310 g/mol. The van der Waals surface area contributed by atoms with Crippen LogP contribution in [0.1, 0.15) is 30.6 Å². The Morgan fingerprint density at radius 1 is 1.33 bits per heavy atom. The Morgan fingerprint density at radius 3 is 2.43 bits per heavy atom. The molecule has 0 aliphatic carbocycles. The zero-order chi connectivity index (χ0) is 16.2. The van der Waals surface area contributed by atoms with Crippen molar-refractivity contribution in [2.45, 2.75) is 31.7 Å². The highest BCUT2D eigenvalue weighted by Gasteiger charge is 2.32. The number of carbonyl (C=O) groups is 1. The van der Waals surface area contributed by atoms with Crippen molar-refractivity contribution in [2.24, 2.45) is 0 Å². The number of ether oxygens (including phenoxy) is 1. The number of aliphatic hydroxyl groups is 2. The van der Waals surface area contributed by atoms with Crippen molar-refractivity contribution in [1.82, 2.24) is 0 Å². The van der Waals surface area contributed by atoms with Gasteiger partial charge in [-0.2, -0.15) is 13.2 Å². The van der Waals surface area contributed by atoms with E-state index in [1.54, 1.807) is 0 Å². The number of rotatable bonds is 5. The predicted molar refractivity (Wildman–Crippen MR) is 63.6 cm³/mol. The van der Waals surface area contributed by atoms with Crippen LogP contribution in [0.15, 0.2) is 18.2 Å². The predicted octanol–water partition coefficient (Wildman–Crippen LogP) is 2.19. The molecule has 0 bridgehead atoms. The fourth-order valence-electron chi connectivity index (χ4n) is 1.65. The second kappa shape index (κ2) is 6.86. The summed E-state index contributed by atoms with van der Waals surface area (Å²) < 4.78 is 55.3. The van der Waals surface area contributed by atoms with Gasteiger partial charge in [0.05, 0.1) is 24.7 Å². The Morgan fingerprint density at radius 2 is 1.95 bits per heavy atom. The maximum absolute atomic E-state index is 13.6. The van der Waals surface area contributed by atoms with Crippen molar-refractivity contribution in [3.05, 3.63) is 35.1 Å². The van der Waals surface area contributed by atoms with Crippen molar-refractivity contribution < 1.29 is 37.3 Å². The number of halogens is 4. The van der Waals surface area contributed by atoms with Gasteiger partial charge in [-0.3, -0.25) is 4.79 Å². The lowest BCUT2D eigenvalue weighted by Gasteiger charge is -2.18. The second-order valence-electron chi connectivity index (χ2n) is 4.26. The van der Waals surface area contributed by atoms with E-state index in [1.807, 2.05) is 0 Å². The van der Waals surface area contributed by atoms with Gasteiger partial charge in [0.1, 0.15) is 11.9 Å². The summed E-state index contributed by atoms with van der Waals surface area (Å²) in [4.78, 5) is 11.1. The molecule has 0 heterocycles. The molecule has 0 radical (unpaired) electrons. The zero-order valence-corrected chi connectivity index (χ0v) is 11.0. The third-order valence-corrected chi connectivity index (χ3v) is 2.69. The molecule has 21 heavy (non-hydrogen) atoms. The van der Waals surface area contributed by atoms with Crippen LogP contribution in [0.5, 0.6) is 0 Å². The molecule has 4 nitrogen and oxygen atoms in total. The standard InChI is InChI=1S/C13H14F4O4/c1-2-21-11(19)6-10(18)12(20)8-4-3-7(5-9(8)14)13(15,16)17/h3-5,10,12,18,20H,2,6H2,1H3. The lowest BCUT2D eigenvalue weighted by molar-refractivity contribution is -0.147. The third kappa shape index (κ3) is 4.68. The summed E-state index contributed by atoms with van der Waals surface area (Å²) >= 11 is 0. The summed E-state index contributed by atoms with van der Waals surface area (Å²) in [7, 11) is 0. The second-order valence-corrected chi connectivity index (χ2v) is 4.26. The summed E-state index contributed by atoms with van der Waals surface area (Å²) in [5.74, 6) is -2.13. The molecule has 1 aromatic carbocycles. The first-order chi connectivity index (χ1) is 9.66. The molecule has 0 amide bonds. The van der Waals surface area contributed by atoms with Crippen LogP contribution in [0.4, 0.5) is 17.6 Å². The zero-order valence-electron chi connectivity index (χ0n) is 11.0. The first-order valence-electron chi connectivity index (χ1n) is 6.05. The Kier molecular flexibility index (Phi) is 5.68. The van der Waals surface area contributed by atoms with Crippen LogP contribution in [-0.2, 0) is 15.7 Å². The van der Waals surface area contributed by atoms with Gasteiger partial charge in [-0.05, 0) is 19.1 Å². The third-order valence-electron chi connectivity index (χ3n) is 2.69. The molecule has 0 aliphatic rings. The molecule has 2 unspecified atom stereocenters. The number of hydrogen-bond acceptors (Lipinski definition) is 4. The molecule has 0 aromatic heterocycles. The van der Waals surface area contributed by atoms with Crippen molar-refractivity contribution in [3.8, 4) is 0 Å². The summed E-state index contributed by atoms with van der Waals surface area (Å²) in [6.07, 6.45) is -8.84. The first kappa shape index (κ1) is 17.4. The minimum Gasteiger partial charge on any atom is -0.466 e. The van der Waals surface area contributed by atoms with E-state index in [9.17, 15) is 32.6 Å². The lowest BCUT2D eigenvalue weighted by atomic mass is 10.00. The van der Waals surface area contributed by atoms with Gasteiger partial charge in [-0.15, -0.1) is 0 Å². The maximum Gasteiger partial charge on any atom is 0.416 e. The fraction of sp³-hybridized carbons (Fsp3) is 0.462. The minimum absolute atomic E-state index is 0.0658. The molecule has 0 spiro atoms. The number of alkyl halides is 3. The molecule has 2 atom stereocenters. The number of carbonyl (C=O) groups excluding carboxylic acids is 1. The Labute approximate surface area is 118 Å². The molecule has 2 N–H and O–H groups in total. The van der Waals surface area contributed by atoms with Crippen LogP contribution in [0.3, 0.4) is 0 Å². The van der Waals surface area contributed by atoms with Gasteiger partial charge in [-0.25, -0.2) is 4.39 Å². The summed E-state index contributed by atoms with van der Waals surface area (Å²) in [5, 5.41) is 19.3. The van der Waals surface area contributed by atoms with E-state index in [-0.39, 0.29) is 12.7 Å². The van der Waals surface area contributed by atoms with Gasteiger partial charge < -0.3 is 14.9 Å². The van der Waals surface area contributed by atoms with Crippen molar-refractivity contribution in [1.29, 1.82) is 0 Å². The summed E-state index contributed by atoms with van der Waals surface area (Å²) in [5.41, 5.74) is -1.74. The number of aliphatic hydroxyl groups excluding tert-OH is 2. The van der Waals surface area contributed by atoms with E-state index in [2.05, 4.69) is 4.74 Å². The molecule has 0 saturated heterocycles. The largest absolute Gasteiger partial charge is 0.466 e. The van der Waals surface area contributed by atoms with Crippen LogP contribution in [0.2, 0.25) is 0 Å². The molecule has 118 valence electrons. The normalized spacial score (nSPS) is 14.6. The molecule has 0 aliphatic heterocycles. The minimum atomic E-state index is -4.71. The highest BCUT2D eigenvalue weighted by atomic mass is 19.4. The molecule has 1 rings (SSSR count). The van der Waals surface area contributed by atoms with E-state index in [1.165, 1.54) is 6.92 Å². The average Bonchev–Trinajstić information content (AvgIpc) is 2.36. The number of esters is 1. The van der Waals surface area contributed by atoms with Crippen LogP contribution < -0.4 is 0 Å². The van der Waals surface area contributed by atoms with Gasteiger partial charge in [0.2, 0.25) is 0 Å². The van der Waals surface area contributed by atoms with Gasteiger partial charge in [0.15, 0.2) is 0 Å². The molecular formula is C13H14F4O4. The Balaban J connectivity index is 2.87. The van der Waals surface area contributed by atoms with Gasteiger partial charge in [0.25, 0.3) is 0 Å². The lowest BCUT2D eigenvalue weighted by Crippen LogP contribution is -2.24. The fourth-order valence-corrected chi connectivity index (χ4v) is 1.65. The van der Waals surface area contributed by atoms with Crippen molar-refractivity contribution in [3.63, 3.8) is 0 Å². The Hall–Kier alpha value is -1.67. The summed E-state index contributed by atoms with van der Waals surface area (Å²) in [6, 6.07) is 1.52. The maximum atomic E-state index is 13.6. The van der Waals surface area contributed by atoms with E-state index in [0.29, 0.717) is 6.07 Å². The van der Waals surface area contributed by atoms with Crippen LogP contribution in [-0.4, -0.2) is 28.9 Å². The van der Waals surface area contributed by atoms with Gasteiger partial charge in [0, 0.05) is 5.56 Å². The smallest absolute Gasteiger partial charge is 0.416 e. The molecule has 8 heteroatoms. The van der Waals surface area contributed by atoms with Crippen molar-refractivity contribution in [2.75, 3.05) is 6.61 Å². The molecule has 0 fully saturated rings. The first-order valence-corrected chi connectivity index (χ1v) is 6.05. The topological polar surface area (TPSA) is 66.8 Å². The number of hydrogen-bond donors (Lipinski definition) is 2. The van der Waals surface area contributed by atoms with Crippen molar-refractivity contribution >= 4 is 5.97 Å². The Bertz CT molecular complexity index is 501. The molecular weight excluding hydrogens is 296 g/mol. The van der Waals surface area contributed by atoms with E-state index >= 15 is 0 Å². The quantitative estimate of drug-likeness (QED) is 0.646. The van der Waals surface area contributed by atoms with Crippen LogP contribution in [0, 0.1) is 5.82 Å². The van der Waals surface area contributed by atoms with E-state index in [4.69, 9.17) is 0 Å². The highest BCUT2D eigenvalue weighted by molar-refractivity contribution is 5.70. The molecule has 0 saturated carbocycles. The molecule has 1 aromatic rings. The SMILES string of the molecule is CCOC(=O)CC(O)C(O)c1ccc(C(F)(F)F)cc1F. The summed E-state index contributed by atoms with van der Waals surface area (Å²) in [6.45, 7) is 1.60. The average molecular weight is 310 g/mol. The van der Waals surface area contributed by atoms with E-state index in [0.717, 1.165) is 6.07 Å². The van der Waals surface area contributed by atoms with Crippen LogP contribution >= 0.6 is 0 Å². The van der Waals surface area contributed by atoms with Crippen LogP contribution in [0.25, 0.3) is 0 Å². The van der Waals surface area contributed by atoms with Gasteiger partial charge in [-0.1, -0.05) is 6.07 Å².